The summed E-state index contributed by atoms with van der Waals surface area (Å²) in [5, 5.41) is 13.3. The summed E-state index contributed by atoms with van der Waals surface area (Å²) in [6.07, 6.45) is 3.36. The highest BCUT2D eigenvalue weighted by atomic mass is 16.5. The second-order valence-electron chi connectivity index (χ2n) is 5.24. The first-order valence-electron chi connectivity index (χ1n) is 5.61. The molecule has 0 spiro atoms. The van der Waals surface area contributed by atoms with Crippen molar-refractivity contribution in [3.8, 4) is 0 Å². The van der Waals surface area contributed by atoms with Gasteiger partial charge in [0, 0.05) is 12.1 Å². The molecule has 0 saturated carbocycles. The summed E-state index contributed by atoms with van der Waals surface area (Å²) in [7, 11) is 0. The van der Waals surface area contributed by atoms with E-state index in [9.17, 15) is 5.21 Å². The lowest BCUT2D eigenvalue weighted by molar-refractivity contribution is -0.239. The van der Waals surface area contributed by atoms with Crippen LogP contribution < -0.4 is 0 Å². The molecule has 0 aromatic carbocycles. The fraction of sp³-hybridized carbons (Fsp3) is 1.00. The smallest absolute Gasteiger partial charge is 0.0755 e. The molecule has 2 saturated heterocycles. The lowest BCUT2D eigenvalue weighted by atomic mass is 9.90. The molecule has 2 aliphatic rings. The molecule has 0 bridgehead atoms. The summed E-state index contributed by atoms with van der Waals surface area (Å²) in [6.45, 7) is 7.09. The van der Waals surface area contributed by atoms with Gasteiger partial charge in [0.2, 0.25) is 0 Å². The minimum Gasteiger partial charge on any atom is -0.376 e. The Morgan fingerprint density at radius 3 is 2.57 bits per heavy atom. The maximum atomic E-state index is 12.1. The van der Waals surface area contributed by atoms with Crippen molar-refractivity contribution < 1.29 is 9.94 Å². The van der Waals surface area contributed by atoms with Gasteiger partial charge in [0.1, 0.15) is 0 Å². The third-order valence-electron chi connectivity index (χ3n) is 4.06. The monoisotopic (exact) mass is 198 g/mol. The average Bonchev–Trinajstić information content (AvgIpc) is 2.69. The van der Waals surface area contributed by atoms with Crippen LogP contribution in [0.5, 0.6) is 0 Å². The Labute approximate surface area is 86.0 Å². The lowest BCUT2D eigenvalue weighted by Gasteiger charge is -2.31. The van der Waals surface area contributed by atoms with Crippen molar-refractivity contribution >= 4 is 0 Å². The van der Waals surface area contributed by atoms with Crippen molar-refractivity contribution in [2.45, 2.75) is 57.7 Å². The van der Waals surface area contributed by atoms with Crippen LogP contribution in [-0.2, 0) is 9.94 Å². The van der Waals surface area contributed by atoms with Gasteiger partial charge in [-0.3, -0.25) is 0 Å². The Morgan fingerprint density at radius 2 is 2.14 bits per heavy atom. The van der Waals surface area contributed by atoms with E-state index < -0.39 is 0 Å². The Bertz CT molecular complexity index is 211. The molecule has 14 heavy (non-hydrogen) atoms. The van der Waals surface area contributed by atoms with Gasteiger partial charge in [0.15, 0.2) is 0 Å². The van der Waals surface area contributed by atoms with Crippen LogP contribution in [0.2, 0.25) is 0 Å². The van der Waals surface area contributed by atoms with Gasteiger partial charge >= 0.3 is 0 Å². The van der Waals surface area contributed by atoms with E-state index in [0.29, 0.717) is 5.92 Å². The molecule has 3 atom stereocenters. The number of ether oxygens (including phenoxy) is 1. The van der Waals surface area contributed by atoms with Crippen LogP contribution >= 0.6 is 0 Å². The van der Waals surface area contributed by atoms with Crippen molar-refractivity contribution in [3.63, 3.8) is 0 Å². The summed E-state index contributed by atoms with van der Waals surface area (Å²) in [6, 6.07) is 0.0995. The second kappa shape index (κ2) is 3.47. The van der Waals surface area contributed by atoms with Crippen LogP contribution in [0.3, 0.4) is 0 Å². The molecule has 2 aliphatic heterocycles. The van der Waals surface area contributed by atoms with E-state index in [2.05, 4.69) is 6.92 Å². The molecule has 3 nitrogen and oxygen atoms in total. The van der Waals surface area contributed by atoms with Crippen LogP contribution in [0.25, 0.3) is 0 Å². The predicted octanol–water partition coefficient (Wildman–Crippen LogP) is 2.00. The van der Waals surface area contributed by atoms with Crippen molar-refractivity contribution in [2.75, 3.05) is 6.61 Å². The summed E-state index contributed by atoms with van der Waals surface area (Å²) in [5.74, 6) is 0.467. The Morgan fingerprint density at radius 1 is 1.43 bits per heavy atom. The number of hydrogen-bond acceptors (Lipinski definition) is 2. The van der Waals surface area contributed by atoms with E-state index in [4.69, 9.17) is 4.74 Å². The van der Waals surface area contributed by atoms with Gasteiger partial charge in [-0.05, 0) is 39.0 Å². The third-order valence-corrected chi connectivity index (χ3v) is 4.06. The topological polar surface area (TPSA) is 32.4 Å². The maximum absolute atomic E-state index is 12.1. The van der Waals surface area contributed by atoms with E-state index in [1.165, 1.54) is 5.06 Å². The fourth-order valence-corrected chi connectivity index (χ4v) is 2.60. The van der Waals surface area contributed by atoms with Gasteiger partial charge < -0.3 is 4.74 Å². The summed E-state index contributed by atoms with van der Waals surface area (Å²) in [4.78, 5) is 0. The second-order valence-corrected chi connectivity index (χ2v) is 5.24. The first-order valence-corrected chi connectivity index (χ1v) is 5.61. The van der Waals surface area contributed by atoms with Gasteiger partial charge in [0.25, 0.3) is 0 Å². The molecule has 2 fully saturated rings. The van der Waals surface area contributed by atoms with Crippen molar-refractivity contribution in [1.29, 1.82) is 0 Å². The molecule has 3 unspecified atom stereocenters. The van der Waals surface area contributed by atoms with Gasteiger partial charge in [-0.2, -0.15) is 0 Å². The minimum atomic E-state index is -0.212. The maximum Gasteiger partial charge on any atom is 0.0755 e. The van der Waals surface area contributed by atoms with Crippen molar-refractivity contribution in [2.24, 2.45) is 5.92 Å². The zero-order chi connectivity index (χ0) is 10.3. The van der Waals surface area contributed by atoms with Crippen LogP contribution in [0, 0.1) is 5.92 Å². The van der Waals surface area contributed by atoms with Gasteiger partial charge in [-0.1, -0.05) is 6.92 Å². The molecule has 81 valence electrons. The number of rotatable bonds is 1. The van der Waals surface area contributed by atoms with Gasteiger partial charge in [-0.25, -0.2) is 0 Å². The summed E-state index contributed by atoms with van der Waals surface area (Å²) >= 11 is 0. The van der Waals surface area contributed by atoms with Crippen LogP contribution in [-0.4, -0.2) is 29.4 Å². The fourth-order valence-electron chi connectivity index (χ4n) is 2.60. The number of nitrogens with zero attached hydrogens (tertiary/aromatic N) is 1. The molecule has 2 rings (SSSR count). The molecule has 2 heterocycles. The average molecular weight is 198 g/mol. The normalized spacial score (nSPS) is 43.3. The summed E-state index contributed by atoms with van der Waals surface area (Å²) < 4.78 is 5.61. The Hall–Kier alpha value is -0.120. The Balaban J connectivity index is 2.08. The van der Waals surface area contributed by atoms with Crippen LogP contribution in [0.4, 0.5) is 0 Å². The Kier molecular flexibility index (Phi) is 2.58. The van der Waals surface area contributed by atoms with Crippen LogP contribution in [0.15, 0.2) is 0 Å². The first kappa shape index (κ1) is 10.4. The molecular formula is C11H20NO2. The minimum absolute atomic E-state index is 0.0995. The van der Waals surface area contributed by atoms with E-state index >= 15 is 0 Å². The largest absolute Gasteiger partial charge is 0.376 e. The standard InChI is InChI=1S/C11H20NO2/c1-8-7-9(10-5-4-6-14-10)12(13)11(8,2)3/h8-10H,4-7H2,1-3H3. The SMILES string of the molecule is CC1CC(C2CCCO2)N([O])C1(C)C. The number of hydroxylamine groups is 2. The molecular weight excluding hydrogens is 178 g/mol. The molecule has 0 amide bonds. The zero-order valence-electron chi connectivity index (χ0n) is 9.32. The highest BCUT2D eigenvalue weighted by Crippen LogP contribution is 2.40. The van der Waals surface area contributed by atoms with Crippen LogP contribution in [0.1, 0.15) is 40.0 Å². The molecule has 0 aromatic rings. The molecule has 0 aromatic heterocycles. The van der Waals surface area contributed by atoms with E-state index in [1.54, 1.807) is 0 Å². The van der Waals surface area contributed by atoms with Crippen molar-refractivity contribution in [3.05, 3.63) is 0 Å². The van der Waals surface area contributed by atoms with Gasteiger partial charge in [0.05, 0.1) is 12.1 Å². The predicted molar refractivity (Wildman–Crippen MR) is 53.1 cm³/mol. The molecule has 1 radical (unpaired) electrons. The molecule has 3 heteroatoms. The van der Waals surface area contributed by atoms with E-state index in [0.717, 1.165) is 25.9 Å². The van der Waals surface area contributed by atoms with Gasteiger partial charge in [-0.15, -0.1) is 10.3 Å². The molecule has 0 aliphatic carbocycles. The van der Waals surface area contributed by atoms with E-state index in [-0.39, 0.29) is 17.7 Å². The summed E-state index contributed by atoms with van der Waals surface area (Å²) in [5.41, 5.74) is -0.212. The third kappa shape index (κ3) is 1.47. The highest BCUT2D eigenvalue weighted by molar-refractivity contribution is 4.98. The quantitative estimate of drug-likeness (QED) is 0.645. The lowest BCUT2D eigenvalue weighted by Crippen LogP contribution is -2.45. The molecule has 0 N–H and O–H groups in total. The highest BCUT2D eigenvalue weighted by Gasteiger charge is 2.49. The first-order chi connectivity index (χ1) is 6.53. The van der Waals surface area contributed by atoms with E-state index in [1.807, 2.05) is 13.8 Å². The van der Waals surface area contributed by atoms with Crippen molar-refractivity contribution in [1.82, 2.24) is 5.06 Å². The number of hydrogen-bond donors (Lipinski definition) is 0. The zero-order valence-corrected chi connectivity index (χ0v) is 9.32.